The fourth-order valence-corrected chi connectivity index (χ4v) is 3.47. The predicted octanol–water partition coefficient (Wildman–Crippen LogP) is 2.67. The Morgan fingerprint density at radius 2 is 1.94 bits per heavy atom. The average molecular weight is 435 g/mol. The van der Waals surface area contributed by atoms with Gasteiger partial charge in [-0.2, -0.15) is 0 Å². The molecule has 1 aromatic carbocycles. The van der Waals surface area contributed by atoms with E-state index < -0.39 is 23.4 Å². The highest BCUT2D eigenvalue weighted by Crippen LogP contribution is 2.29. The molecule has 9 heteroatoms. The molecule has 9 nitrogen and oxygen atoms in total. The van der Waals surface area contributed by atoms with Crippen LogP contribution in [0.4, 0.5) is 10.5 Å². The Morgan fingerprint density at radius 1 is 1.26 bits per heavy atom. The van der Waals surface area contributed by atoms with Gasteiger partial charge in [-0.3, -0.25) is 14.8 Å². The zero-order valence-electron chi connectivity index (χ0n) is 18.9. The van der Waals surface area contributed by atoms with Gasteiger partial charge in [-0.25, -0.2) is 10.3 Å². The van der Waals surface area contributed by atoms with Crippen molar-refractivity contribution in [3.05, 3.63) is 23.8 Å². The van der Waals surface area contributed by atoms with E-state index in [1.165, 1.54) is 12.0 Å². The van der Waals surface area contributed by atoms with Crippen molar-refractivity contribution in [3.63, 3.8) is 0 Å². The van der Waals surface area contributed by atoms with Gasteiger partial charge < -0.3 is 20.3 Å². The van der Waals surface area contributed by atoms with Crippen LogP contribution in [0.5, 0.6) is 5.75 Å². The number of hydroxylamine groups is 1. The molecule has 0 bridgehead atoms. The number of nitrogens with zero attached hydrogens (tertiary/aromatic N) is 1. The third-order valence-corrected chi connectivity index (χ3v) is 5.47. The molecular formula is C22H34N4O5. The molecule has 0 aromatic heterocycles. The molecule has 2 rings (SSSR count). The summed E-state index contributed by atoms with van der Waals surface area (Å²) >= 11 is 0. The Hall–Kier alpha value is -2.81. The summed E-state index contributed by atoms with van der Waals surface area (Å²) < 4.78 is 5.29. The van der Waals surface area contributed by atoms with E-state index in [1.54, 1.807) is 17.6 Å². The molecule has 0 saturated heterocycles. The summed E-state index contributed by atoms with van der Waals surface area (Å²) in [5, 5.41) is 14.4. The van der Waals surface area contributed by atoms with Gasteiger partial charge in [0.05, 0.1) is 12.8 Å². The summed E-state index contributed by atoms with van der Waals surface area (Å²) in [6.07, 6.45) is 3.08. The van der Waals surface area contributed by atoms with E-state index >= 15 is 0 Å². The standard InChI is InChI=1S/C22H34N4O5/c1-14-9-10-17(31-5)16(11-14)23-21(29)24-19(22(2,3)4)20(28)26(13-18(27)25-30)12-15-7-6-8-15/h9-11,15,19,30H,6-8,12-13H2,1-5H3,(H,25,27)(H2,23,24,29)/t19-/m1/s1. The Kier molecular flexibility index (Phi) is 8.27. The molecular weight excluding hydrogens is 400 g/mol. The highest BCUT2D eigenvalue weighted by molar-refractivity contribution is 5.96. The molecule has 1 fully saturated rings. The second kappa shape index (κ2) is 10.5. The largest absolute Gasteiger partial charge is 0.495 e. The van der Waals surface area contributed by atoms with Crippen LogP contribution >= 0.6 is 0 Å². The molecule has 1 atom stereocenters. The molecule has 0 aliphatic heterocycles. The van der Waals surface area contributed by atoms with Gasteiger partial charge in [-0.05, 0) is 48.8 Å². The highest BCUT2D eigenvalue weighted by Gasteiger charge is 2.37. The first-order chi connectivity index (χ1) is 14.5. The van der Waals surface area contributed by atoms with E-state index in [0.717, 1.165) is 24.8 Å². The Morgan fingerprint density at radius 3 is 2.45 bits per heavy atom. The maximum Gasteiger partial charge on any atom is 0.320 e. The minimum atomic E-state index is -0.880. The smallest absolute Gasteiger partial charge is 0.320 e. The fraction of sp³-hybridized carbons (Fsp3) is 0.591. The van der Waals surface area contributed by atoms with Gasteiger partial charge in [0, 0.05) is 6.54 Å². The van der Waals surface area contributed by atoms with Crippen LogP contribution in [0.2, 0.25) is 0 Å². The number of carbonyl (C=O) groups is 3. The summed E-state index contributed by atoms with van der Waals surface area (Å²) in [6.45, 7) is 7.57. The molecule has 0 heterocycles. The summed E-state index contributed by atoms with van der Waals surface area (Å²) in [4.78, 5) is 39.4. The lowest BCUT2D eigenvalue weighted by Crippen LogP contribution is -2.57. The van der Waals surface area contributed by atoms with Gasteiger partial charge >= 0.3 is 6.03 Å². The van der Waals surface area contributed by atoms with E-state index in [9.17, 15) is 14.4 Å². The lowest BCUT2D eigenvalue weighted by Gasteiger charge is -2.37. The lowest BCUT2D eigenvalue weighted by atomic mass is 9.83. The number of nitrogens with one attached hydrogen (secondary N) is 3. The second-order valence-electron chi connectivity index (χ2n) is 9.15. The first-order valence-electron chi connectivity index (χ1n) is 10.5. The Labute approximate surface area is 183 Å². The van der Waals surface area contributed by atoms with E-state index in [-0.39, 0.29) is 12.5 Å². The number of benzene rings is 1. The monoisotopic (exact) mass is 434 g/mol. The number of rotatable bonds is 8. The van der Waals surface area contributed by atoms with E-state index in [1.807, 2.05) is 33.8 Å². The van der Waals surface area contributed by atoms with Gasteiger partial charge in [0.15, 0.2) is 0 Å². The average Bonchev–Trinajstić information content (AvgIpc) is 2.66. The first kappa shape index (κ1) is 24.5. The third-order valence-electron chi connectivity index (χ3n) is 5.47. The molecule has 4 amide bonds. The van der Waals surface area contributed by atoms with Crippen LogP contribution in [0.25, 0.3) is 0 Å². The third kappa shape index (κ3) is 6.85. The number of urea groups is 1. The van der Waals surface area contributed by atoms with Crippen LogP contribution in [0, 0.1) is 18.3 Å². The molecule has 0 unspecified atom stereocenters. The fourth-order valence-electron chi connectivity index (χ4n) is 3.47. The molecule has 1 aliphatic carbocycles. The highest BCUT2D eigenvalue weighted by atomic mass is 16.5. The number of aryl methyl sites for hydroxylation is 1. The predicted molar refractivity (Wildman–Crippen MR) is 117 cm³/mol. The molecule has 0 radical (unpaired) electrons. The summed E-state index contributed by atoms with van der Waals surface area (Å²) in [5.74, 6) is -0.212. The number of carbonyl (C=O) groups excluding carboxylic acids is 3. The normalized spacial score (nSPS) is 14.8. The van der Waals surface area contributed by atoms with Crippen molar-refractivity contribution in [2.75, 3.05) is 25.5 Å². The van der Waals surface area contributed by atoms with Gasteiger partial charge in [0.2, 0.25) is 5.91 Å². The van der Waals surface area contributed by atoms with Gasteiger partial charge in [0.25, 0.3) is 5.91 Å². The van der Waals surface area contributed by atoms with Crippen LogP contribution in [0.15, 0.2) is 18.2 Å². The minimum absolute atomic E-state index is 0.270. The number of methoxy groups -OCH3 is 1. The molecule has 1 saturated carbocycles. The van der Waals surface area contributed by atoms with Crippen LogP contribution in [0.3, 0.4) is 0 Å². The van der Waals surface area contributed by atoms with Crippen molar-refractivity contribution in [3.8, 4) is 5.75 Å². The number of anilines is 1. The minimum Gasteiger partial charge on any atom is -0.495 e. The van der Waals surface area contributed by atoms with Crippen LogP contribution < -0.4 is 20.9 Å². The zero-order chi connectivity index (χ0) is 23.2. The number of amides is 4. The Bertz CT molecular complexity index is 802. The SMILES string of the molecule is COc1ccc(C)cc1NC(=O)N[C@H](C(=O)N(CC(=O)NO)CC1CCC1)C(C)(C)C. The summed E-state index contributed by atoms with van der Waals surface area (Å²) in [6, 6.07) is 3.97. The van der Waals surface area contributed by atoms with Gasteiger partial charge in [-0.15, -0.1) is 0 Å². The molecule has 1 aliphatic rings. The second-order valence-corrected chi connectivity index (χ2v) is 9.15. The molecule has 0 spiro atoms. The van der Waals surface area contributed by atoms with Crippen molar-refractivity contribution in [1.82, 2.24) is 15.7 Å². The van der Waals surface area contributed by atoms with Crippen molar-refractivity contribution < 1.29 is 24.3 Å². The van der Waals surface area contributed by atoms with Crippen molar-refractivity contribution >= 4 is 23.5 Å². The van der Waals surface area contributed by atoms with Gasteiger partial charge in [0.1, 0.15) is 18.3 Å². The zero-order valence-corrected chi connectivity index (χ0v) is 18.9. The Balaban J connectivity index is 2.18. The molecule has 4 N–H and O–H groups in total. The summed E-state index contributed by atoms with van der Waals surface area (Å²) in [7, 11) is 1.51. The van der Waals surface area contributed by atoms with E-state index in [4.69, 9.17) is 9.94 Å². The first-order valence-corrected chi connectivity index (χ1v) is 10.5. The van der Waals surface area contributed by atoms with Crippen molar-refractivity contribution in [1.29, 1.82) is 0 Å². The quantitative estimate of drug-likeness (QED) is 0.370. The van der Waals surface area contributed by atoms with Crippen molar-refractivity contribution in [2.45, 2.75) is 53.0 Å². The topological polar surface area (TPSA) is 120 Å². The van der Waals surface area contributed by atoms with E-state index in [0.29, 0.717) is 23.9 Å². The number of hydrogen-bond donors (Lipinski definition) is 4. The summed E-state index contributed by atoms with van der Waals surface area (Å²) in [5.41, 5.74) is 2.41. The molecule has 1 aromatic rings. The molecule has 31 heavy (non-hydrogen) atoms. The molecule has 172 valence electrons. The van der Waals surface area contributed by atoms with Crippen LogP contribution in [-0.2, 0) is 9.59 Å². The van der Waals surface area contributed by atoms with Crippen LogP contribution in [-0.4, -0.2) is 54.2 Å². The van der Waals surface area contributed by atoms with Crippen molar-refractivity contribution in [2.24, 2.45) is 11.3 Å². The maximum atomic E-state index is 13.4. The maximum absolute atomic E-state index is 13.4. The van der Waals surface area contributed by atoms with Gasteiger partial charge in [-0.1, -0.05) is 33.3 Å². The number of ether oxygens (including phenoxy) is 1. The number of hydrogen-bond acceptors (Lipinski definition) is 5. The van der Waals surface area contributed by atoms with E-state index in [2.05, 4.69) is 10.6 Å². The lowest BCUT2D eigenvalue weighted by molar-refractivity contribution is -0.143. The van der Waals surface area contributed by atoms with Crippen LogP contribution in [0.1, 0.15) is 45.6 Å².